The molecule has 1 atom stereocenters. The van der Waals surface area contributed by atoms with Gasteiger partial charge in [-0.2, -0.15) is 9.57 Å². The highest BCUT2D eigenvalue weighted by Crippen LogP contribution is 2.16. The van der Waals surface area contributed by atoms with Gasteiger partial charge in [0.2, 0.25) is 10.0 Å². The third-order valence-electron chi connectivity index (χ3n) is 3.75. The molecule has 0 saturated carbocycles. The molecule has 2 rings (SSSR count). The van der Waals surface area contributed by atoms with Crippen molar-refractivity contribution in [2.75, 3.05) is 26.7 Å². The van der Waals surface area contributed by atoms with Gasteiger partial charge < -0.3 is 4.90 Å². The smallest absolute Gasteiger partial charge is 0.218 e. The maximum absolute atomic E-state index is 12.4. The van der Waals surface area contributed by atoms with E-state index in [1.54, 1.807) is 28.6 Å². The summed E-state index contributed by atoms with van der Waals surface area (Å²) in [5.74, 6) is -0.00482. The van der Waals surface area contributed by atoms with E-state index in [1.165, 1.54) is 0 Å². The number of nitrogens with zero attached hydrogens (tertiary/aromatic N) is 3. The second-order valence-corrected chi connectivity index (χ2v) is 7.22. The Bertz CT molecular complexity index is 604. The van der Waals surface area contributed by atoms with Crippen molar-refractivity contribution in [3.8, 4) is 6.07 Å². The van der Waals surface area contributed by atoms with Crippen molar-refractivity contribution in [3.05, 3.63) is 35.4 Å². The molecule has 0 spiro atoms. The van der Waals surface area contributed by atoms with E-state index in [4.69, 9.17) is 5.26 Å². The standard InChI is InChI=1S/C14H19N3O2S/c1-12-10-17(8-7-16(12)2)20(18,19)11-14-5-3-13(9-15)4-6-14/h3-6,12H,7-8,10-11H2,1-2H3. The first-order valence-electron chi connectivity index (χ1n) is 6.59. The monoisotopic (exact) mass is 293 g/mol. The van der Waals surface area contributed by atoms with Gasteiger partial charge in [0.15, 0.2) is 0 Å². The van der Waals surface area contributed by atoms with E-state index in [0.29, 0.717) is 18.7 Å². The lowest BCUT2D eigenvalue weighted by atomic mass is 10.2. The summed E-state index contributed by atoms with van der Waals surface area (Å²) in [6.07, 6.45) is 0. The summed E-state index contributed by atoms with van der Waals surface area (Å²) in [6.45, 7) is 3.87. The number of hydrogen-bond acceptors (Lipinski definition) is 4. The van der Waals surface area contributed by atoms with E-state index >= 15 is 0 Å². The Kier molecular flexibility index (Phi) is 4.43. The van der Waals surface area contributed by atoms with Gasteiger partial charge in [0.1, 0.15) is 0 Å². The van der Waals surface area contributed by atoms with Crippen LogP contribution in [0.1, 0.15) is 18.1 Å². The molecule has 1 fully saturated rings. The first-order chi connectivity index (χ1) is 9.42. The molecule has 1 aliphatic rings. The van der Waals surface area contributed by atoms with Gasteiger partial charge in [-0.1, -0.05) is 12.1 Å². The van der Waals surface area contributed by atoms with Crippen LogP contribution in [0.4, 0.5) is 0 Å². The Balaban J connectivity index is 2.09. The van der Waals surface area contributed by atoms with E-state index in [-0.39, 0.29) is 11.8 Å². The molecule has 1 saturated heterocycles. The lowest BCUT2D eigenvalue weighted by Gasteiger charge is -2.36. The van der Waals surface area contributed by atoms with E-state index < -0.39 is 10.0 Å². The van der Waals surface area contributed by atoms with Crippen LogP contribution in [0.15, 0.2) is 24.3 Å². The number of likely N-dealkylation sites (N-methyl/N-ethyl adjacent to an activating group) is 1. The molecule has 1 aromatic carbocycles. The number of rotatable bonds is 3. The lowest BCUT2D eigenvalue weighted by molar-refractivity contribution is 0.159. The minimum atomic E-state index is -3.29. The molecule has 5 nitrogen and oxygen atoms in total. The van der Waals surface area contributed by atoms with Crippen LogP contribution in [-0.2, 0) is 15.8 Å². The molecule has 0 bridgehead atoms. The van der Waals surface area contributed by atoms with Crippen LogP contribution in [0.2, 0.25) is 0 Å². The van der Waals surface area contributed by atoms with Crippen molar-refractivity contribution in [1.82, 2.24) is 9.21 Å². The van der Waals surface area contributed by atoms with Gasteiger partial charge in [-0.25, -0.2) is 8.42 Å². The predicted octanol–water partition coefficient (Wildman–Crippen LogP) is 1.02. The Labute approximate surface area is 120 Å². The fraction of sp³-hybridized carbons (Fsp3) is 0.500. The summed E-state index contributed by atoms with van der Waals surface area (Å²) >= 11 is 0. The highest BCUT2D eigenvalue weighted by molar-refractivity contribution is 7.88. The molecule has 0 aliphatic carbocycles. The van der Waals surface area contributed by atoms with Crippen molar-refractivity contribution in [2.24, 2.45) is 0 Å². The van der Waals surface area contributed by atoms with Crippen molar-refractivity contribution < 1.29 is 8.42 Å². The second kappa shape index (κ2) is 5.92. The second-order valence-electron chi connectivity index (χ2n) is 5.25. The third-order valence-corrected chi connectivity index (χ3v) is 5.56. The summed E-state index contributed by atoms with van der Waals surface area (Å²) in [5, 5.41) is 8.74. The SMILES string of the molecule is CC1CN(S(=O)(=O)Cc2ccc(C#N)cc2)CCN1C. The number of piperazine rings is 1. The summed E-state index contributed by atoms with van der Waals surface area (Å²) in [5.41, 5.74) is 1.26. The minimum absolute atomic E-state index is 0.00482. The molecular weight excluding hydrogens is 274 g/mol. The van der Waals surface area contributed by atoms with Crippen LogP contribution in [0.5, 0.6) is 0 Å². The minimum Gasteiger partial charge on any atom is -0.301 e. The van der Waals surface area contributed by atoms with Crippen LogP contribution in [0.25, 0.3) is 0 Å². The van der Waals surface area contributed by atoms with Crippen LogP contribution < -0.4 is 0 Å². The van der Waals surface area contributed by atoms with E-state index in [2.05, 4.69) is 4.90 Å². The van der Waals surface area contributed by atoms with Crippen LogP contribution in [0, 0.1) is 11.3 Å². The fourth-order valence-corrected chi connectivity index (χ4v) is 3.84. The molecule has 1 aromatic rings. The Hall–Kier alpha value is -1.42. The quantitative estimate of drug-likeness (QED) is 0.835. The number of nitriles is 1. The average molecular weight is 293 g/mol. The van der Waals surface area contributed by atoms with Crippen molar-refractivity contribution in [3.63, 3.8) is 0 Å². The molecule has 1 heterocycles. The van der Waals surface area contributed by atoms with Crippen LogP contribution in [0.3, 0.4) is 0 Å². The van der Waals surface area contributed by atoms with Crippen molar-refractivity contribution in [2.45, 2.75) is 18.7 Å². The highest BCUT2D eigenvalue weighted by Gasteiger charge is 2.29. The maximum atomic E-state index is 12.4. The molecule has 20 heavy (non-hydrogen) atoms. The normalized spacial score (nSPS) is 21.6. The Morgan fingerprint density at radius 2 is 1.95 bits per heavy atom. The van der Waals surface area contributed by atoms with Crippen LogP contribution >= 0.6 is 0 Å². The fourth-order valence-electron chi connectivity index (χ4n) is 2.25. The molecule has 0 radical (unpaired) electrons. The topological polar surface area (TPSA) is 64.4 Å². The lowest BCUT2D eigenvalue weighted by Crippen LogP contribution is -2.52. The highest BCUT2D eigenvalue weighted by atomic mass is 32.2. The average Bonchev–Trinajstić information content (AvgIpc) is 2.42. The Morgan fingerprint density at radius 1 is 1.30 bits per heavy atom. The molecule has 108 valence electrons. The number of hydrogen-bond donors (Lipinski definition) is 0. The summed E-state index contributed by atoms with van der Waals surface area (Å²) in [4.78, 5) is 2.16. The maximum Gasteiger partial charge on any atom is 0.218 e. The van der Waals surface area contributed by atoms with Crippen molar-refractivity contribution >= 4 is 10.0 Å². The molecule has 1 unspecified atom stereocenters. The predicted molar refractivity (Wildman–Crippen MR) is 77.4 cm³/mol. The molecule has 0 N–H and O–H groups in total. The molecule has 1 aliphatic heterocycles. The molecule has 0 amide bonds. The summed E-state index contributed by atoms with van der Waals surface area (Å²) in [7, 11) is -1.28. The van der Waals surface area contributed by atoms with Gasteiger partial charge in [-0.15, -0.1) is 0 Å². The van der Waals surface area contributed by atoms with E-state index in [1.807, 2.05) is 20.0 Å². The number of benzene rings is 1. The van der Waals surface area contributed by atoms with Crippen molar-refractivity contribution in [1.29, 1.82) is 5.26 Å². The molecule has 6 heteroatoms. The third kappa shape index (κ3) is 3.37. The Morgan fingerprint density at radius 3 is 2.50 bits per heavy atom. The van der Waals surface area contributed by atoms with Gasteiger partial charge in [0, 0.05) is 25.7 Å². The largest absolute Gasteiger partial charge is 0.301 e. The summed E-state index contributed by atoms with van der Waals surface area (Å²) < 4.78 is 26.4. The van der Waals surface area contributed by atoms with Gasteiger partial charge >= 0.3 is 0 Å². The van der Waals surface area contributed by atoms with Gasteiger partial charge in [0.05, 0.1) is 17.4 Å². The first kappa shape index (κ1) is 15.0. The molecular formula is C14H19N3O2S. The van der Waals surface area contributed by atoms with E-state index in [9.17, 15) is 8.42 Å². The zero-order valence-corrected chi connectivity index (χ0v) is 12.6. The van der Waals surface area contributed by atoms with Gasteiger partial charge in [-0.05, 0) is 31.7 Å². The first-order valence-corrected chi connectivity index (χ1v) is 8.20. The van der Waals surface area contributed by atoms with Crippen LogP contribution in [-0.4, -0.2) is 50.3 Å². The summed E-state index contributed by atoms with van der Waals surface area (Å²) in [6, 6.07) is 8.97. The van der Waals surface area contributed by atoms with Gasteiger partial charge in [-0.3, -0.25) is 0 Å². The number of sulfonamides is 1. The van der Waals surface area contributed by atoms with E-state index in [0.717, 1.165) is 12.1 Å². The zero-order valence-electron chi connectivity index (χ0n) is 11.8. The zero-order chi connectivity index (χ0) is 14.8. The molecule has 0 aromatic heterocycles. The van der Waals surface area contributed by atoms with Gasteiger partial charge in [0.25, 0.3) is 0 Å².